The summed E-state index contributed by atoms with van der Waals surface area (Å²) in [6.45, 7) is 0.635. The minimum atomic E-state index is -0.263. The Morgan fingerprint density at radius 3 is 2.46 bits per heavy atom. The molecule has 2 heterocycles. The number of carbonyl (C=O) groups is 1. The number of aromatic nitrogens is 1. The standard InChI is InChI=1S/C21H24N2O3/c24-20-11-14-23(19-4-2-1-3-18(19)20)21(25)15-5-7-16(8-6-15)26-17-9-12-22-13-10-17/h5-10,12-13,18-20,24H,1-4,11,14H2. The van der Waals surface area contributed by atoms with Crippen LogP contribution in [0.25, 0.3) is 0 Å². The maximum Gasteiger partial charge on any atom is 0.254 e. The Morgan fingerprint density at radius 2 is 1.69 bits per heavy atom. The van der Waals surface area contributed by atoms with E-state index in [1.807, 2.05) is 29.2 Å². The number of rotatable bonds is 3. The van der Waals surface area contributed by atoms with E-state index in [2.05, 4.69) is 4.98 Å². The number of benzene rings is 1. The summed E-state index contributed by atoms with van der Waals surface area (Å²) in [5, 5.41) is 10.3. The lowest BCUT2D eigenvalue weighted by Crippen LogP contribution is -2.54. The number of aliphatic hydroxyl groups excluding tert-OH is 1. The number of pyridine rings is 1. The summed E-state index contributed by atoms with van der Waals surface area (Å²) >= 11 is 0. The molecule has 3 atom stereocenters. The third kappa shape index (κ3) is 3.44. The van der Waals surface area contributed by atoms with Gasteiger partial charge in [-0.25, -0.2) is 0 Å². The van der Waals surface area contributed by atoms with Gasteiger partial charge in [0.2, 0.25) is 0 Å². The zero-order valence-electron chi connectivity index (χ0n) is 14.8. The lowest BCUT2D eigenvalue weighted by molar-refractivity contribution is -0.0262. The van der Waals surface area contributed by atoms with Crippen LogP contribution in [-0.2, 0) is 0 Å². The molecule has 2 fully saturated rings. The highest BCUT2D eigenvalue weighted by Crippen LogP contribution is 2.36. The molecule has 2 aliphatic rings. The second-order valence-electron chi connectivity index (χ2n) is 7.18. The van der Waals surface area contributed by atoms with Crippen molar-refractivity contribution in [2.45, 2.75) is 44.2 Å². The van der Waals surface area contributed by atoms with Crippen molar-refractivity contribution in [1.29, 1.82) is 0 Å². The van der Waals surface area contributed by atoms with Crippen molar-refractivity contribution in [1.82, 2.24) is 9.88 Å². The van der Waals surface area contributed by atoms with Crippen LogP contribution in [0.3, 0.4) is 0 Å². The fourth-order valence-corrected chi connectivity index (χ4v) is 4.25. The van der Waals surface area contributed by atoms with E-state index in [-0.39, 0.29) is 24.0 Å². The van der Waals surface area contributed by atoms with Gasteiger partial charge in [0, 0.05) is 36.5 Å². The van der Waals surface area contributed by atoms with Crippen LogP contribution in [0.1, 0.15) is 42.5 Å². The molecule has 5 nitrogen and oxygen atoms in total. The van der Waals surface area contributed by atoms with Crippen molar-refractivity contribution < 1.29 is 14.6 Å². The van der Waals surface area contributed by atoms with Crippen molar-refractivity contribution in [3.63, 3.8) is 0 Å². The predicted octanol–water partition coefficient (Wildman–Crippen LogP) is 3.64. The Balaban J connectivity index is 1.47. The van der Waals surface area contributed by atoms with E-state index in [4.69, 9.17) is 4.74 Å². The number of likely N-dealkylation sites (tertiary alicyclic amines) is 1. The van der Waals surface area contributed by atoms with Crippen LogP contribution in [0.4, 0.5) is 0 Å². The molecule has 1 aromatic heterocycles. The number of fused-ring (bicyclic) bond motifs is 1. The third-order valence-electron chi connectivity index (χ3n) is 5.59. The summed E-state index contributed by atoms with van der Waals surface area (Å²) < 4.78 is 5.76. The molecule has 136 valence electrons. The lowest BCUT2D eigenvalue weighted by Gasteiger charge is -2.46. The average Bonchev–Trinajstić information content (AvgIpc) is 2.69. The van der Waals surface area contributed by atoms with Crippen molar-refractivity contribution in [3.05, 3.63) is 54.4 Å². The summed E-state index contributed by atoms with van der Waals surface area (Å²) in [5.41, 5.74) is 0.674. The molecule has 26 heavy (non-hydrogen) atoms. The molecule has 1 aromatic carbocycles. The Labute approximate surface area is 153 Å². The average molecular weight is 352 g/mol. The molecule has 1 saturated carbocycles. The monoisotopic (exact) mass is 352 g/mol. The molecule has 1 saturated heterocycles. The van der Waals surface area contributed by atoms with Gasteiger partial charge < -0.3 is 14.7 Å². The fourth-order valence-electron chi connectivity index (χ4n) is 4.25. The van der Waals surface area contributed by atoms with Gasteiger partial charge >= 0.3 is 0 Å². The molecule has 0 radical (unpaired) electrons. The first-order valence-corrected chi connectivity index (χ1v) is 9.39. The number of hydrogen-bond donors (Lipinski definition) is 1. The van der Waals surface area contributed by atoms with Crippen LogP contribution in [0.2, 0.25) is 0 Å². The van der Waals surface area contributed by atoms with Gasteiger partial charge in [-0.1, -0.05) is 12.8 Å². The highest BCUT2D eigenvalue weighted by Gasteiger charge is 2.40. The van der Waals surface area contributed by atoms with E-state index in [1.165, 1.54) is 0 Å². The largest absolute Gasteiger partial charge is 0.457 e. The highest BCUT2D eigenvalue weighted by molar-refractivity contribution is 5.94. The summed E-state index contributed by atoms with van der Waals surface area (Å²) in [4.78, 5) is 19.0. The highest BCUT2D eigenvalue weighted by atomic mass is 16.5. The molecule has 0 spiro atoms. The molecule has 3 unspecified atom stereocenters. The first-order valence-electron chi connectivity index (χ1n) is 9.39. The predicted molar refractivity (Wildman–Crippen MR) is 98.2 cm³/mol. The number of ether oxygens (including phenoxy) is 1. The molecular weight excluding hydrogens is 328 g/mol. The van der Waals surface area contributed by atoms with Crippen LogP contribution in [0, 0.1) is 5.92 Å². The quantitative estimate of drug-likeness (QED) is 0.916. The zero-order chi connectivity index (χ0) is 17.9. The fraction of sp³-hybridized carbons (Fsp3) is 0.429. The molecule has 1 aliphatic heterocycles. The van der Waals surface area contributed by atoms with E-state index >= 15 is 0 Å². The van der Waals surface area contributed by atoms with Gasteiger partial charge in [-0.15, -0.1) is 0 Å². The van der Waals surface area contributed by atoms with E-state index in [9.17, 15) is 9.90 Å². The molecule has 1 amide bonds. The van der Waals surface area contributed by atoms with Crippen LogP contribution in [-0.4, -0.2) is 39.6 Å². The SMILES string of the molecule is O=C(c1ccc(Oc2ccncc2)cc1)N1CCC(O)C2CCCCC21. The number of piperidine rings is 1. The summed E-state index contributed by atoms with van der Waals surface area (Å²) in [7, 11) is 0. The minimum Gasteiger partial charge on any atom is -0.457 e. The summed E-state index contributed by atoms with van der Waals surface area (Å²) in [6.07, 6.45) is 8.08. The second-order valence-corrected chi connectivity index (χ2v) is 7.18. The van der Waals surface area contributed by atoms with Crippen molar-refractivity contribution in [2.75, 3.05) is 6.54 Å². The van der Waals surface area contributed by atoms with Crippen LogP contribution < -0.4 is 4.74 Å². The Hall–Kier alpha value is -2.40. The van der Waals surface area contributed by atoms with Gasteiger partial charge in [-0.05, 0) is 55.7 Å². The summed E-state index contributed by atoms with van der Waals surface area (Å²) in [6, 6.07) is 11.1. The number of nitrogens with zero attached hydrogens (tertiary/aromatic N) is 2. The second kappa shape index (κ2) is 7.46. The number of aliphatic hydroxyl groups is 1. The van der Waals surface area contributed by atoms with Gasteiger partial charge in [0.25, 0.3) is 5.91 Å². The van der Waals surface area contributed by atoms with Crippen LogP contribution in [0.5, 0.6) is 11.5 Å². The Kier molecular flexibility index (Phi) is 4.89. The van der Waals surface area contributed by atoms with Crippen molar-refractivity contribution >= 4 is 5.91 Å². The Bertz CT molecular complexity index is 748. The molecule has 0 bridgehead atoms. The van der Waals surface area contributed by atoms with E-state index in [0.29, 0.717) is 30.0 Å². The number of amides is 1. The van der Waals surface area contributed by atoms with Crippen molar-refractivity contribution in [3.8, 4) is 11.5 Å². The van der Waals surface area contributed by atoms with E-state index in [1.54, 1.807) is 24.5 Å². The number of hydrogen-bond acceptors (Lipinski definition) is 4. The van der Waals surface area contributed by atoms with Gasteiger partial charge in [0.05, 0.1) is 6.10 Å². The third-order valence-corrected chi connectivity index (χ3v) is 5.59. The normalized spacial score (nSPS) is 25.4. The first-order chi connectivity index (χ1) is 12.7. The molecule has 4 rings (SSSR count). The molecule has 2 aromatic rings. The molecule has 5 heteroatoms. The smallest absolute Gasteiger partial charge is 0.254 e. The maximum atomic E-state index is 13.0. The zero-order valence-corrected chi connectivity index (χ0v) is 14.8. The van der Waals surface area contributed by atoms with Crippen molar-refractivity contribution in [2.24, 2.45) is 5.92 Å². The van der Waals surface area contributed by atoms with Gasteiger partial charge in [-0.3, -0.25) is 9.78 Å². The van der Waals surface area contributed by atoms with Gasteiger partial charge in [0.15, 0.2) is 0 Å². The number of carbonyl (C=O) groups excluding carboxylic acids is 1. The molecule has 1 aliphatic carbocycles. The minimum absolute atomic E-state index is 0.0595. The van der Waals surface area contributed by atoms with E-state index < -0.39 is 0 Å². The first kappa shape index (κ1) is 17.0. The summed E-state index contributed by atoms with van der Waals surface area (Å²) in [5.74, 6) is 1.70. The van der Waals surface area contributed by atoms with Gasteiger partial charge in [0.1, 0.15) is 11.5 Å². The van der Waals surface area contributed by atoms with Crippen LogP contribution in [0.15, 0.2) is 48.8 Å². The maximum absolute atomic E-state index is 13.0. The molecular formula is C21H24N2O3. The van der Waals surface area contributed by atoms with Gasteiger partial charge in [-0.2, -0.15) is 0 Å². The van der Waals surface area contributed by atoms with E-state index in [0.717, 1.165) is 25.7 Å². The topological polar surface area (TPSA) is 62.7 Å². The Morgan fingerprint density at radius 1 is 1.00 bits per heavy atom. The lowest BCUT2D eigenvalue weighted by atomic mass is 9.76. The van der Waals surface area contributed by atoms with Crippen LogP contribution >= 0.6 is 0 Å². The molecule has 1 N–H and O–H groups in total.